The van der Waals surface area contributed by atoms with Gasteiger partial charge in [-0.05, 0) is 61.2 Å². The molecule has 1 amide bonds. The van der Waals surface area contributed by atoms with Gasteiger partial charge < -0.3 is 14.8 Å². The molecule has 6 heteroatoms. The first kappa shape index (κ1) is 21.6. The van der Waals surface area contributed by atoms with Crippen molar-refractivity contribution in [1.82, 2.24) is 4.98 Å². The fourth-order valence-electron chi connectivity index (χ4n) is 4.08. The van der Waals surface area contributed by atoms with E-state index in [0.717, 1.165) is 40.7 Å². The average Bonchev–Trinajstić information content (AvgIpc) is 2.81. The van der Waals surface area contributed by atoms with E-state index in [4.69, 9.17) is 21.1 Å². The van der Waals surface area contributed by atoms with Crippen molar-refractivity contribution in [3.63, 3.8) is 0 Å². The Kier molecular flexibility index (Phi) is 6.73. The van der Waals surface area contributed by atoms with Gasteiger partial charge in [0.1, 0.15) is 11.3 Å². The Balaban J connectivity index is 1.66. The number of amides is 1. The minimum absolute atomic E-state index is 0.0390. The number of aromatic nitrogens is 1. The van der Waals surface area contributed by atoms with Gasteiger partial charge in [0.15, 0.2) is 0 Å². The zero-order valence-corrected chi connectivity index (χ0v) is 18.5. The number of nitrogens with zero attached hydrogens (tertiary/aromatic N) is 1. The zero-order chi connectivity index (χ0) is 21.7. The molecule has 0 bridgehead atoms. The molecule has 2 heterocycles. The van der Waals surface area contributed by atoms with Gasteiger partial charge in [-0.15, -0.1) is 0 Å². The average molecular weight is 439 g/mol. The van der Waals surface area contributed by atoms with Crippen LogP contribution in [-0.4, -0.2) is 30.7 Å². The number of rotatable bonds is 7. The van der Waals surface area contributed by atoms with Crippen LogP contribution in [0.3, 0.4) is 0 Å². The first-order valence-corrected chi connectivity index (χ1v) is 11.2. The fraction of sp³-hybridized carbons (Fsp3) is 0.360. The Morgan fingerprint density at radius 1 is 1.16 bits per heavy atom. The van der Waals surface area contributed by atoms with Gasteiger partial charge in [0.05, 0.1) is 17.7 Å². The molecular formula is C25H27ClN2O3. The Bertz CT molecular complexity index is 1050. The van der Waals surface area contributed by atoms with E-state index in [1.54, 1.807) is 6.20 Å². The highest BCUT2D eigenvalue weighted by atomic mass is 35.5. The lowest BCUT2D eigenvalue weighted by Crippen LogP contribution is -2.44. The molecule has 1 fully saturated rings. The molecule has 31 heavy (non-hydrogen) atoms. The first-order valence-electron chi connectivity index (χ1n) is 10.8. The number of carbonyl (C=O) groups excluding carboxylic acids is 1. The lowest BCUT2D eigenvalue weighted by atomic mass is 9.73. The molecule has 1 aliphatic rings. The summed E-state index contributed by atoms with van der Waals surface area (Å²) in [6.45, 7) is 3.86. The highest BCUT2D eigenvalue weighted by molar-refractivity contribution is 6.30. The van der Waals surface area contributed by atoms with Crippen molar-refractivity contribution in [2.24, 2.45) is 0 Å². The molecule has 0 saturated carbocycles. The van der Waals surface area contributed by atoms with Crippen molar-refractivity contribution < 1.29 is 14.3 Å². The molecule has 4 rings (SSSR count). The van der Waals surface area contributed by atoms with E-state index in [0.29, 0.717) is 37.7 Å². The highest BCUT2D eigenvalue weighted by Crippen LogP contribution is 2.38. The quantitative estimate of drug-likeness (QED) is 0.477. The summed E-state index contributed by atoms with van der Waals surface area (Å²) < 4.78 is 11.5. The summed E-state index contributed by atoms with van der Waals surface area (Å²) in [5, 5.41) is 4.70. The van der Waals surface area contributed by atoms with Crippen LogP contribution in [-0.2, 0) is 14.9 Å². The number of halogens is 1. The molecule has 1 saturated heterocycles. The van der Waals surface area contributed by atoms with Crippen LogP contribution in [0, 0.1) is 0 Å². The Labute approximate surface area is 187 Å². The Hall–Kier alpha value is -2.63. The number of unbranched alkanes of at least 4 members (excludes halogenated alkanes) is 1. The maximum Gasteiger partial charge on any atom is 0.235 e. The molecule has 1 aromatic heterocycles. The molecule has 3 aromatic rings. The summed E-state index contributed by atoms with van der Waals surface area (Å²) in [5.74, 6) is 0.698. The summed E-state index contributed by atoms with van der Waals surface area (Å²) in [7, 11) is 0. The number of hydrogen-bond acceptors (Lipinski definition) is 4. The smallest absolute Gasteiger partial charge is 0.235 e. The van der Waals surface area contributed by atoms with Gasteiger partial charge in [0.25, 0.3) is 0 Å². The number of fused-ring (bicyclic) bond motifs is 1. The van der Waals surface area contributed by atoms with Crippen molar-refractivity contribution in [3.05, 3.63) is 65.3 Å². The standard InChI is InChI=1S/C25H27ClN2O3/c1-2-3-15-31-22-11-10-21(20-5-4-14-27-23(20)22)28-24(29)25(12-16-30-17-13-25)18-6-8-19(26)9-7-18/h4-11,14H,2-3,12-13,15-17H2,1H3,(H,28,29). The second-order valence-corrected chi connectivity index (χ2v) is 8.30. The van der Waals surface area contributed by atoms with Crippen molar-refractivity contribution in [2.45, 2.75) is 38.0 Å². The van der Waals surface area contributed by atoms with Crippen molar-refractivity contribution in [1.29, 1.82) is 0 Å². The summed E-state index contributed by atoms with van der Waals surface area (Å²) in [4.78, 5) is 18.2. The van der Waals surface area contributed by atoms with Gasteiger partial charge in [-0.3, -0.25) is 9.78 Å². The zero-order valence-electron chi connectivity index (χ0n) is 17.7. The SMILES string of the molecule is CCCCOc1ccc(NC(=O)C2(c3ccc(Cl)cc3)CCOCC2)c2cccnc12. The van der Waals surface area contributed by atoms with Crippen LogP contribution < -0.4 is 10.1 Å². The van der Waals surface area contributed by atoms with E-state index in [1.807, 2.05) is 48.5 Å². The monoisotopic (exact) mass is 438 g/mol. The molecule has 1 aliphatic heterocycles. The Morgan fingerprint density at radius 2 is 1.94 bits per heavy atom. The number of benzene rings is 2. The predicted octanol–water partition coefficient (Wildman–Crippen LogP) is 5.75. The van der Waals surface area contributed by atoms with Gasteiger partial charge in [0.2, 0.25) is 5.91 Å². The predicted molar refractivity (Wildman–Crippen MR) is 124 cm³/mol. The molecular weight excluding hydrogens is 412 g/mol. The van der Waals surface area contributed by atoms with E-state index >= 15 is 0 Å². The molecule has 2 aromatic carbocycles. The largest absolute Gasteiger partial charge is 0.491 e. The number of nitrogens with one attached hydrogen (secondary N) is 1. The number of anilines is 1. The molecule has 0 radical (unpaired) electrons. The van der Waals surface area contributed by atoms with E-state index in [9.17, 15) is 4.79 Å². The van der Waals surface area contributed by atoms with Crippen molar-refractivity contribution in [2.75, 3.05) is 25.1 Å². The van der Waals surface area contributed by atoms with Gasteiger partial charge in [-0.25, -0.2) is 0 Å². The van der Waals surface area contributed by atoms with Gasteiger partial charge >= 0.3 is 0 Å². The van der Waals surface area contributed by atoms with Crippen LogP contribution in [0.15, 0.2) is 54.7 Å². The molecule has 0 aliphatic carbocycles. The van der Waals surface area contributed by atoms with E-state index in [-0.39, 0.29) is 5.91 Å². The summed E-state index contributed by atoms with van der Waals surface area (Å²) in [6.07, 6.45) is 5.03. The molecule has 0 atom stereocenters. The van der Waals surface area contributed by atoms with Gasteiger partial charge in [0, 0.05) is 29.8 Å². The van der Waals surface area contributed by atoms with E-state index in [2.05, 4.69) is 17.2 Å². The van der Waals surface area contributed by atoms with Gasteiger partial charge in [-0.1, -0.05) is 37.1 Å². The van der Waals surface area contributed by atoms with Gasteiger partial charge in [-0.2, -0.15) is 0 Å². The van der Waals surface area contributed by atoms with Crippen LogP contribution in [0.4, 0.5) is 5.69 Å². The third-order valence-electron chi connectivity index (χ3n) is 5.91. The maximum atomic E-state index is 13.7. The second-order valence-electron chi connectivity index (χ2n) is 7.87. The lowest BCUT2D eigenvalue weighted by molar-refractivity contribution is -0.125. The molecule has 0 spiro atoms. The summed E-state index contributed by atoms with van der Waals surface area (Å²) in [6, 6.07) is 15.2. The van der Waals surface area contributed by atoms with Crippen molar-refractivity contribution >= 4 is 34.1 Å². The third-order valence-corrected chi connectivity index (χ3v) is 6.17. The van der Waals surface area contributed by atoms with Crippen molar-refractivity contribution in [3.8, 4) is 5.75 Å². The fourth-order valence-corrected chi connectivity index (χ4v) is 4.20. The Morgan fingerprint density at radius 3 is 2.68 bits per heavy atom. The first-order chi connectivity index (χ1) is 15.1. The number of pyridine rings is 1. The highest BCUT2D eigenvalue weighted by Gasteiger charge is 2.41. The van der Waals surface area contributed by atoms with Crippen LogP contribution in [0.5, 0.6) is 5.75 Å². The molecule has 0 unspecified atom stereocenters. The van der Waals surface area contributed by atoms with E-state index in [1.165, 1.54) is 0 Å². The lowest BCUT2D eigenvalue weighted by Gasteiger charge is -2.36. The minimum Gasteiger partial charge on any atom is -0.491 e. The second kappa shape index (κ2) is 9.67. The maximum absolute atomic E-state index is 13.7. The summed E-state index contributed by atoms with van der Waals surface area (Å²) >= 11 is 6.09. The number of carbonyl (C=O) groups is 1. The number of hydrogen-bond donors (Lipinski definition) is 1. The number of ether oxygens (including phenoxy) is 2. The minimum atomic E-state index is -0.659. The molecule has 162 valence electrons. The van der Waals surface area contributed by atoms with Crippen LogP contribution in [0.2, 0.25) is 5.02 Å². The normalized spacial score (nSPS) is 15.5. The molecule has 1 N–H and O–H groups in total. The topological polar surface area (TPSA) is 60.5 Å². The van der Waals surface area contributed by atoms with Crippen LogP contribution >= 0.6 is 11.6 Å². The third kappa shape index (κ3) is 4.53. The summed E-state index contributed by atoms with van der Waals surface area (Å²) in [5.41, 5.74) is 1.78. The molecule has 5 nitrogen and oxygen atoms in total. The van der Waals surface area contributed by atoms with Crippen LogP contribution in [0.1, 0.15) is 38.2 Å². The van der Waals surface area contributed by atoms with E-state index < -0.39 is 5.41 Å². The van der Waals surface area contributed by atoms with Crippen LogP contribution in [0.25, 0.3) is 10.9 Å².